The summed E-state index contributed by atoms with van der Waals surface area (Å²) < 4.78 is 36.4. The first-order valence-corrected chi connectivity index (χ1v) is 15.5. The molecule has 232 valence electrons. The second kappa shape index (κ2) is 11.0. The third kappa shape index (κ3) is 6.31. The van der Waals surface area contributed by atoms with Crippen LogP contribution < -0.4 is 14.8 Å². The monoisotopic (exact) mass is 585 g/mol. The molecule has 42 heavy (non-hydrogen) atoms. The lowest BCUT2D eigenvalue weighted by Crippen LogP contribution is -2.65. The summed E-state index contributed by atoms with van der Waals surface area (Å²) >= 11 is 0. The van der Waals surface area contributed by atoms with E-state index in [1.165, 1.54) is 6.42 Å². The Kier molecular flexibility index (Phi) is 8.16. The first-order valence-electron chi connectivity index (χ1n) is 15.5. The fourth-order valence-corrected chi connectivity index (χ4v) is 7.15. The van der Waals surface area contributed by atoms with E-state index in [4.69, 9.17) is 28.3 Å². The zero-order chi connectivity index (χ0) is 30.7. The molecule has 0 amide bonds. The lowest BCUT2D eigenvalue weighted by atomic mass is 9.43. The Morgan fingerprint density at radius 1 is 1.05 bits per heavy atom. The summed E-state index contributed by atoms with van der Waals surface area (Å²) in [6, 6.07) is 3.61. The second-order valence-corrected chi connectivity index (χ2v) is 15.2. The standard InChI is InChI=1S/C32H48BNO8/c1-29(2,3)39-27(35)25-22(37-21-13-15-34-18-21)11-10-19(26(25)38-28(36)40-30(4,5)6)12-14-33-41-24-17-20-16-23(31(20,7)8)32(24,9)42-33/h10-11,20-21,23-24,34H,12-18H2,1-9H3/t20-,21+,23-,24+,32-/m0/s1. The first-order chi connectivity index (χ1) is 19.5. The Morgan fingerprint density at radius 2 is 1.76 bits per heavy atom. The number of ether oxygens (including phenoxy) is 4. The normalized spacial score (nSPS) is 29.9. The van der Waals surface area contributed by atoms with Crippen molar-refractivity contribution in [3.05, 3.63) is 23.3 Å². The van der Waals surface area contributed by atoms with Crippen molar-refractivity contribution in [1.82, 2.24) is 5.32 Å². The Hall–Kier alpha value is -2.30. The predicted octanol–water partition coefficient (Wildman–Crippen LogP) is 5.97. The smallest absolute Gasteiger partial charge is 0.488 e. The van der Waals surface area contributed by atoms with Gasteiger partial charge in [-0.05, 0) is 116 Å². The summed E-state index contributed by atoms with van der Waals surface area (Å²) in [5.41, 5.74) is -0.877. The number of benzene rings is 1. The van der Waals surface area contributed by atoms with Crippen LogP contribution in [0, 0.1) is 17.3 Å². The molecule has 5 fully saturated rings. The molecule has 1 aromatic rings. The van der Waals surface area contributed by atoms with Gasteiger partial charge in [-0.2, -0.15) is 0 Å². The largest absolute Gasteiger partial charge is 0.514 e. The van der Waals surface area contributed by atoms with Crippen LogP contribution in [-0.4, -0.2) is 61.3 Å². The summed E-state index contributed by atoms with van der Waals surface area (Å²) in [6.07, 6.45) is 3.03. The van der Waals surface area contributed by atoms with Gasteiger partial charge in [0.1, 0.15) is 28.6 Å². The molecular weight excluding hydrogens is 537 g/mol. The summed E-state index contributed by atoms with van der Waals surface area (Å²) in [4.78, 5) is 26.6. The number of carbonyl (C=O) groups excluding carboxylic acids is 2. The third-order valence-electron chi connectivity index (χ3n) is 9.34. The highest BCUT2D eigenvalue weighted by molar-refractivity contribution is 6.45. The molecule has 2 aliphatic heterocycles. The van der Waals surface area contributed by atoms with Crippen molar-refractivity contribution >= 4 is 19.2 Å². The van der Waals surface area contributed by atoms with E-state index in [0.717, 1.165) is 19.4 Å². The molecular formula is C32H48BNO8. The van der Waals surface area contributed by atoms with Crippen LogP contribution >= 0.6 is 0 Å². The number of carbonyl (C=O) groups is 2. The number of rotatable bonds is 7. The van der Waals surface area contributed by atoms with E-state index < -0.39 is 30.4 Å². The zero-order valence-corrected chi connectivity index (χ0v) is 26.8. The average molecular weight is 586 g/mol. The predicted molar refractivity (Wildman–Crippen MR) is 159 cm³/mol. The minimum Gasteiger partial charge on any atom is -0.488 e. The van der Waals surface area contributed by atoms with Gasteiger partial charge in [-0.1, -0.05) is 19.9 Å². The maximum atomic E-state index is 13.7. The van der Waals surface area contributed by atoms with Crippen LogP contribution in [0.25, 0.3) is 0 Å². The quantitative estimate of drug-likeness (QED) is 0.236. The van der Waals surface area contributed by atoms with Gasteiger partial charge in [0.05, 0.1) is 11.7 Å². The molecule has 1 N–H and O–H groups in total. The number of aryl methyl sites for hydroxylation is 1. The summed E-state index contributed by atoms with van der Waals surface area (Å²) in [7, 11) is -0.394. The van der Waals surface area contributed by atoms with Crippen LogP contribution in [0.5, 0.6) is 11.5 Å². The molecule has 9 nitrogen and oxygen atoms in total. The molecule has 5 aliphatic rings. The van der Waals surface area contributed by atoms with Gasteiger partial charge in [0, 0.05) is 6.54 Å². The molecule has 2 bridgehead atoms. The second-order valence-electron chi connectivity index (χ2n) is 15.2. The van der Waals surface area contributed by atoms with E-state index in [0.29, 0.717) is 42.4 Å². The van der Waals surface area contributed by atoms with Gasteiger partial charge >= 0.3 is 19.2 Å². The SMILES string of the molecule is CC(C)(C)OC(=O)Oc1c(CCB2O[C@@H]3C[C@@H]4C[C@@H](C4(C)C)[C@]3(C)O2)ccc(O[C@@H]2CCNC2)c1C(=O)OC(C)(C)C. The minimum absolute atomic E-state index is 0.0740. The molecule has 10 heteroatoms. The fourth-order valence-electron chi connectivity index (χ4n) is 7.15. The summed E-state index contributed by atoms with van der Waals surface area (Å²) in [6.45, 7) is 19.0. The highest BCUT2D eigenvalue weighted by Gasteiger charge is 2.67. The lowest BCUT2D eigenvalue weighted by Gasteiger charge is -2.64. The van der Waals surface area contributed by atoms with Crippen molar-refractivity contribution in [3.63, 3.8) is 0 Å². The molecule has 2 heterocycles. The summed E-state index contributed by atoms with van der Waals surface area (Å²) in [5.74, 6) is 0.903. The molecule has 1 aromatic carbocycles. The number of esters is 1. The molecule has 3 aliphatic carbocycles. The van der Waals surface area contributed by atoms with Gasteiger partial charge in [0.25, 0.3) is 0 Å². The molecule has 3 saturated carbocycles. The van der Waals surface area contributed by atoms with Gasteiger partial charge in [-0.3, -0.25) is 0 Å². The van der Waals surface area contributed by atoms with E-state index in [1.54, 1.807) is 47.6 Å². The molecule has 2 saturated heterocycles. The Labute approximate surface area is 250 Å². The maximum Gasteiger partial charge on any atom is 0.514 e. The van der Waals surface area contributed by atoms with Crippen molar-refractivity contribution in [2.75, 3.05) is 13.1 Å². The average Bonchev–Trinajstić information content (AvgIpc) is 3.47. The molecule has 0 aromatic heterocycles. The molecule has 0 spiro atoms. The molecule has 0 unspecified atom stereocenters. The lowest BCUT2D eigenvalue weighted by molar-refractivity contribution is -0.199. The van der Waals surface area contributed by atoms with Crippen LogP contribution in [0.2, 0.25) is 6.32 Å². The van der Waals surface area contributed by atoms with Gasteiger partial charge in [0.15, 0.2) is 5.75 Å². The third-order valence-corrected chi connectivity index (χ3v) is 9.34. The van der Waals surface area contributed by atoms with Crippen molar-refractivity contribution < 1.29 is 37.8 Å². The van der Waals surface area contributed by atoms with E-state index in [9.17, 15) is 9.59 Å². The molecule has 0 radical (unpaired) electrons. The summed E-state index contributed by atoms with van der Waals surface area (Å²) in [5, 5.41) is 3.28. The topological polar surface area (TPSA) is 102 Å². The van der Waals surface area contributed by atoms with Gasteiger partial charge in [-0.15, -0.1) is 0 Å². The van der Waals surface area contributed by atoms with Crippen LogP contribution in [0.15, 0.2) is 12.1 Å². The molecule has 6 rings (SSSR count). The van der Waals surface area contributed by atoms with E-state index in [-0.39, 0.29) is 34.5 Å². The highest BCUT2D eigenvalue weighted by Crippen LogP contribution is 2.65. The van der Waals surface area contributed by atoms with Gasteiger partial charge in [0.2, 0.25) is 0 Å². The maximum absolute atomic E-state index is 13.7. The Morgan fingerprint density at radius 3 is 2.38 bits per heavy atom. The van der Waals surface area contributed by atoms with E-state index in [1.807, 2.05) is 6.07 Å². The number of nitrogens with one attached hydrogen (secondary N) is 1. The number of hydrogen-bond donors (Lipinski definition) is 1. The molecule has 5 atom stereocenters. The number of hydrogen-bond acceptors (Lipinski definition) is 9. The minimum atomic E-state index is -0.901. The fraction of sp³-hybridized carbons (Fsp3) is 0.750. The van der Waals surface area contributed by atoms with Crippen molar-refractivity contribution in [3.8, 4) is 11.5 Å². The Balaban J connectivity index is 1.43. The van der Waals surface area contributed by atoms with Crippen LogP contribution in [0.3, 0.4) is 0 Å². The van der Waals surface area contributed by atoms with Crippen LogP contribution in [0.4, 0.5) is 4.79 Å². The van der Waals surface area contributed by atoms with Crippen molar-refractivity contribution in [1.29, 1.82) is 0 Å². The zero-order valence-electron chi connectivity index (χ0n) is 26.8. The highest BCUT2D eigenvalue weighted by atomic mass is 16.7. The van der Waals surface area contributed by atoms with Gasteiger partial charge in [-0.25, -0.2) is 9.59 Å². The van der Waals surface area contributed by atoms with Crippen molar-refractivity contribution in [2.45, 2.75) is 123 Å². The first kappa shape index (κ1) is 31.1. The van der Waals surface area contributed by atoms with E-state index >= 15 is 0 Å². The van der Waals surface area contributed by atoms with Crippen LogP contribution in [0.1, 0.15) is 97.5 Å². The van der Waals surface area contributed by atoms with Crippen LogP contribution in [-0.2, 0) is 25.2 Å². The van der Waals surface area contributed by atoms with Gasteiger partial charge < -0.3 is 33.6 Å². The van der Waals surface area contributed by atoms with E-state index in [2.05, 4.69) is 26.1 Å². The van der Waals surface area contributed by atoms with Crippen molar-refractivity contribution in [2.24, 2.45) is 17.3 Å². The Bertz CT molecular complexity index is 1200.